The van der Waals surface area contributed by atoms with Crippen LogP contribution in [0.1, 0.15) is 5.56 Å². The molecule has 0 saturated carbocycles. The molecule has 1 aromatic heterocycles. The maximum atomic E-state index is 6.10. The Morgan fingerprint density at radius 1 is 1.20 bits per heavy atom. The SMILES string of the molecule is CNc1nc(Oc2cc(C)ccc2Cl)nc(N(C)C)n1. The molecule has 1 aromatic carbocycles. The van der Waals surface area contributed by atoms with Crippen LogP contribution in [0.2, 0.25) is 5.02 Å². The summed E-state index contributed by atoms with van der Waals surface area (Å²) in [7, 11) is 5.43. The molecule has 0 spiro atoms. The Bertz CT molecular complexity index is 618. The van der Waals surface area contributed by atoms with E-state index in [1.807, 2.05) is 33.2 Å². The van der Waals surface area contributed by atoms with E-state index in [1.165, 1.54) is 0 Å². The number of halogens is 1. The summed E-state index contributed by atoms with van der Waals surface area (Å²) in [6.45, 7) is 1.96. The van der Waals surface area contributed by atoms with Gasteiger partial charge < -0.3 is 15.0 Å². The van der Waals surface area contributed by atoms with Crippen molar-refractivity contribution < 1.29 is 4.74 Å². The van der Waals surface area contributed by atoms with Crippen molar-refractivity contribution >= 4 is 23.5 Å². The first-order valence-corrected chi connectivity index (χ1v) is 6.42. The first-order valence-electron chi connectivity index (χ1n) is 6.04. The molecule has 0 unspecified atom stereocenters. The molecule has 0 amide bonds. The zero-order chi connectivity index (χ0) is 14.7. The Labute approximate surface area is 122 Å². The van der Waals surface area contributed by atoms with Gasteiger partial charge in [-0.3, -0.25) is 0 Å². The van der Waals surface area contributed by atoms with Gasteiger partial charge in [0.15, 0.2) is 0 Å². The maximum Gasteiger partial charge on any atom is 0.328 e. The fourth-order valence-corrected chi connectivity index (χ4v) is 1.65. The highest BCUT2D eigenvalue weighted by molar-refractivity contribution is 6.32. The van der Waals surface area contributed by atoms with Crippen molar-refractivity contribution in [2.45, 2.75) is 6.92 Å². The Balaban J connectivity index is 2.37. The molecule has 0 aliphatic heterocycles. The summed E-state index contributed by atoms with van der Waals surface area (Å²) < 4.78 is 5.66. The molecule has 106 valence electrons. The van der Waals surface area contributed by atoms with E-state index in [2.05, 4.69) is 20.3 Å². The third-order valence-electron chi connectivity index (χ3n) is 2.51. The van der Waals surface area contributed by atoms with Gasteiger partial charge in [0.2, 0.25) is 11.9 Å². The highest BCUT2D eigenvalue weighted by atomic mass is 35.5. The molecule has 0 atom stereocenters. The van der Waals surface area contributed by atoms with Crippen LogP contribution in [0.25, 0.3) is 0 Å². The van der Waals surface area contributed by atoms with Crippen LogP contribution in [0, 0.1) is 6.92 Å². The average molecular weight is 294 g/mol. The third kappa shape index (κ3) is 3.27. The minimum absolute atomic E-state index is 0.195. The molecule has 1 heterocycles. The quantitative estimate of drug-likeness (QED) is 0.935. The standard InChI is InChI=1S/C13H16ClN5O/c1-8-5-6-9(14)10(7-8)20-13-17-11(15-2)16-12(18-13)19(3)4/h5-7H,1-4H3,(H,15,16,17,18). The summed E-state index contributed by atoms with van der Waals surface area (Å²) >= 11 is 6.10. The molecule has 2 rings (SSSR count). The van der Waals surface area contributed by atoms with Gasteiger partial charge in [0.05, 0.1) is 5.02 Å². The van der Waals surface area contributed by atoms with E-state index in [4.69, 9.17) is 16.3 Å². The Morgan fingerprint density at radius 2 is 1.95 bits per heavy atom. The van der Waals surface area contributed by atoms with Crippen LogP contribution in [-0.4, -0.2) is 36.1 Å². The molecule has 20 heavy (non-hydrogen) atoms. The lowest BCUT2D eigenvalue weighted by Gasteiger charge is -2.13. The van der Waals surface area contributed by atoms with Crippen LogP contribution in [0.15, 0.2) is 18.2 Å². The third-order valence-corrected chi connectivity index (χ3v) is 2.83. The van der Waals surface area contributed by atoms with Crippen molar-refractivity contribution in [2.24, 2.45) is 0 Å². The summed E-state index contributed by atoms with van der Waals surface area (Å²) in [5, 5.41) is 3.38. The lowest BCUT2D eigenvalue weighted by atomic mass is 10.2. The van der Waals surface area contributed by atoms with Crippen LogP contribution in [0.3, 0.4) is 0 Å². The minimum atomic E-state index is 0.195. The molecule has 0 aliphatic rings. The van der Waals surface area contributed by atoms with E-state index in [0.29, 0.717) is 22.7 Å². The molecule has 0 aliphatic carbocycles. The van der Waals surface area contributed by atoms with Gasteiger partial charge in [0.25, 0.3) is 0 Å². The summed E-state index contributed by atoms with van der Waals surface area (Å²) in [6.07, 6.45) is 0. The first-order chi connectivity index (χ1) is 9.49. The van der Waals surface area contributed by atoms with Crippen molar-refractivity contribution in [3.8, 4) is 11.8 Å². The van der Waals surface area contributed by atoms with Crippen molar-refractivity contribution in [3.05, 3.63) is 28.8 Å². The topological polar surface area (TPSA) is 63.2 Å². The van der Waals surface area contributed by atoms with Gasteiger partial charge in [-0.15, -0.1) is 0 Å². The van der Waals surface area contributed by atoms with Crippen LogP contribution in [0.5, 0.6) is 11.8 Å². The zero-order valence-electron chi connectivity index (χ0n) is 11.8. The zero-order valence-corrected chi connectivity index (χ0v) is 12.6. The second-order valence-electron chi connectivity index (χ2n) is 4.42. The fraction of sp³-hybridized carbons (Fsp3) is 0.308. The summed E-state index contributed by atoms with van der Waals surface area (Å²) in [5.41, 5.74) is 1.04. The van der Waals surface area contributed by atoms with Crippen molar-refractivity contribution in [1.29, 1.82) is 0 Å². The number of rotatable bonds is 4. The summed E-state index contributed by atoms with van der Waals surface area (Å²) in [4.78, 5) is 14.4. The van der Waals surface area contributed by atoms with E-state index < -0.39 is 0 Å². The highest BCUT2D eigenvalue weighted by Gasteiger charge is 2.11. The number of aromatic nitrogens is 3. The Kier molecular flexibility index (Phi) is 4.24. The second-order valence-corrected chi connectivity index (χ2v) is 4.83. The van der Waals surface area contributed by atoms with Gasteiger partial charge in [-0.25, -0.2) is 0 Å². The lowest BCUT2D eigenvalue weighted by Crippen LogP contribution is -2.15. The molecule has 0 radical (unpaired) electrons. The summed E-state index contributed by atoms with van der Waals surface area (Å²) in [6, 6.07) is 5.72. The van der Waals surface area contributed by atoms with Crippen molar-refractivity contribution in [1.82, 2.24) is 15.0 Å². The number of hydrogen-bond donors (Lipinski definition) is 1. The monoisotopic (exact) mass is 293 g/mol. The highest BCUT2D eigenvalue weighted by Crippen LogP contribution is 2.29. The number of nitrogens with one attached hydrogen (secondary N) is 1. The molecule has 0 saturated heterocycles. The number of ether oxygens (including phenoxy) is 1. The van der Waals surface area contributed by atoms with E-state index in [1.54, 1.807) is 18.0 Å². The number of nitrogens with zero attached hydrogens (tertiary/aromatic N) is 4. The number of aryl methyl sites for hydroxylation is 1. The van der Waals surface area contributed by atoms with Gasteiger partial charge in [-0.2, -0.15) is 15.0 Å². The van der Waals surface area contributed by atoms with Crippen LogP contribution < -0.4 is 15.0 Å². The summed E-state index contributed by atoms with van der Waals surface area (Å²) in [5.74, 6) is 1.45. The Morgan fingerprint density at radius 3 is 2.60 bits per heavy atom. The van der Waals surface area contributed by atoms with Gasteiger partial charge in [0, 0.05) is 21.1 Å². The average Bonchev–Trinajstić information content (AvgIpc) is 2.42. The van der Waals surface area contributed by atoms with Gasteiger partial charge in [0.1, 0.15) is 5.75 Å². The van der Waals surface area contributed by atoms with Crippen molar-refractivity contribution in [3.63, 3.8) is 0 Å². The van der Waals surface area contributed by atoms with Crippen LogP contribution in [-0.2, 0) is 0 Å². The number of hydrogen-bond acceptors (Lipinski definition) is 6. The molecular formula is C13H16ClN5O. The molecule has 2 aromatic rings. The molecule has 0 bridgehead atoms. The van der Waals surface area contributed by atoms with E-state index in [0.717, 1.165) is 5.56 Å². The first kappa shape index (κ1) is 14.3. The molecule has 0 fully saturated rings. The maximum absolute atomic E-state index is 6.10. The van der Waals surface area contributed by atoms with Gasteiger partial charge in [-0.1, -0.05) is 17.7 Å². The predicted octanol–water partition coefficient (Wildman–Crippen LogP) is 2.73. The number of anilines is 2. The second kappa shape index (κ2) is 5.92. The predicted molar refractivity (Wildman–Crippen MR) is 80.0 cm³/mol. The van der Waals surface area contributed by atoms with Gasteiger partial charge >= 0.3 is 6.01 Å². The lowest BCUT2D eigenvalue weighted by molar-refractivity contribution is 0.440. The van der Waals surface area contributed by atoms with Crippen molar-refractivity contribution in [2.75, 3.05) is 31.4 Å². The minimum Gasteiger partial charge on any atom is -0.423 e. The molecule has 7 heteroatoms. The van der Waals surface area contributed by atoms with E-state index in [9.17, 15) is 0 Å². The van der Waals surface area contributed by atoms with Gasteiger partial charge in [-0.05, 0) is 24.6 Å². The fourth-order valence-electron chi connectivity index (χ4n) is 1.49. The van der Waals surface area contributed by atoms with E-state index >= 15 is 0 Å². The smallest absolute Gasteiger partial charge is 0.328 e. The normalized spacial score (nSPS) is 10.2. The molecular weight excluding hydrogens is 278 g/mol. The number of benzene rings is 1. The van der Waals surface area contributed by atoms with Crippen LogP contribution >= 0.6 is 11.6 Å². The molecule has 1 N–H and O–H groups in total. The van der Waals surface area contributed by atoms with Crippen LogP contribution in [0.4, 0.5) is 11.9 Å². The van der Waals surface area contributed by atoms with E-state index in [-0.39, 0.29) is 6.01 Å². The molecule has 6 nitrogen and oxygen atoms in total. The Hall–Kier alpha value is -2.08. The largest absolute Gasteiger partial charge is 0.423 e.